The molecule has 0 saturated carbocycles. The highest BCUT2D eigenvalue weighted by atomic mass is 16.5. The molecule has 1 unspecified atom stereocenters. The van der Waals surface area contributed by atoms with Gasteiger partial charge in [0.1, 0.15) is 6.04 Å². The van der Waals surface area contributed by atoms with Gasteiger partial charge in [-0.3, -0.25) is 9.59 Å². The number of carbonyl (C=O) groups excluding carboxylic acids is 2. The van der Waals surface area contributed by atoms with Gasteiger partial charge in [0.05, 0.1) is 18.6 Å². The monoisotopic (exact) mass is 301 g/mol. The number of nitrogens with one attached hydrogen (secondary N) is 3. The van der Waals surface area contributed by atoms with Crippen molar-refractivity contribution >= 4 is 11.8 Å². The third-order valence-corrected chi connectivity index (χ3v) is 3.81. The second-order valence-corrected chi connectivity index (χ2v) is 5.44. The zero-order chi connectivity index (χ0) is 15.7. The molecule has 1 fully saturated rings. The molecule has 2 amide bonds. The van der Waals surface area contributed by atoms with Crippen LogP contribution in [0.1, 0.15) is 19.8 Å². The summed E-state index contributed by atoms with van der Waals surface area (Å²) in [7, 11) is 3.17. The van der Waals surface area contributed by atoms with E-state index in [1.807, 2.05) is 0 Å². The maximum atomic E-state index is 12.5. The normalized spacial score (nSPS) is 18.8. The minimum atomic E-state index is -0.571. The highest BCUT2D eigenvalue weighted by Gasteiger charge is 2.40. The van der Waals surface area contributed by atoms with E-state index in [4.69, 9.17) is 9.47 Å². The van der Waals surface area contributed by atoms with Gasteiger partial charge in [0.25, 0.3) is 0 Å². The van der Waals surface area contributed by atoms with Crippen molar-refractivity contribution in [3.8, 4) is 0 Å². The smallest absolute Gasteiger partial charge is 0.242 e. The molecule has 3 N–H and O–H groups in total. The van der Waals surface area contributed by atoms with Crippen molar-refractivity contribution in [2.75, 3.05) is 47.1 Å². The molecule has 0 aliphatic carbocycles. The van der Waals surface area contributed by atoms with Crippen molar-refractivity contribution in [1.29, 1.82) is 0 Å². The predicted molar refractivity (Wildman–Crippen MR) is 78.9 cm³/mol. The van der Waals surface area contributed by atoms with Crippen LogP contribution in [-0.4, -0.2) is 64.9 Å². The molecule has 1 aliphatic heterocycles. The van der Waals surface area contributed by atoms with E-state index in [9.17, 15) is 9.59 Å². The lowest BCUT2D eigenvalue weighted by atomic mass is 9.78. The topological polar surface area (TPSA) is 88.7 Å². The Balaban J connectivity index is 2.53. The number of hydrogen-bond acceptors (Lipinski definition) is 5. The van der Waals surface area contributed by atoms with Gasteiger partial charge in [-0.2, -0.15) is 0 Å². The number of methoxy groups -OCH3 is 2. The summed E-state index contributed by atoms with van der Waals surface area (Å²) >= 11 is 0. The number of carbonyl (C=O) groups is 2. The van der Waals surface area contributed by atoms with E-state index in [0.717, 1.165) is 13.1 Å². The van der Waals surface area contributed by atoms with Crippen LogP contribution < -0.4 is 16.0 Å². The second-order valence-electron chi connectivity index (χ2n) is 5.44. The summed E-state index contributed by atoms with van der Waals surface area (Å²) in [6.07, 6.45) is 1.43. The predicted octanol–water partition coefficient (Wildman–Crippen LogP) is -0.730. The van der Waals surface area contributed by atoms with Crippen LogP contribution in [0, 0.1) is 5.41 Å². The molecule has 1 rings (SSSR count). The zero-order valence-corrected chi connectivity index (χ0v) is 13.2. The molecular weight excluding hydrogens is 274 g/mol. The van der Waals surface area contributed by atoms with E-state index >= 15 is 0 Å². The Bertz CT molecular complexity index is 338. The maximum Gasteiger partial charge on any atom is 0.242 e. The van der Waals surface area contributed by atoms with Crippen molar-refractivity contribution in [2.24, 2.45) is 5.41 Å². The molecule has 0 aromatic heterocycles. The fourth-order valence-electron chi connectivity index (χ4n) is 2.46. The summed E-state index contributed by atoms with van der Waals surface area (Å²) in [6.45, 7) is 4.50. The van der Waals surface area contributed by atoms with Gasteiger partial charge in [-0.1, -0.05) is 0 Å². The molecule has 1 heterocycles. The molecule has 0 radical (unpaired) electrons. The van der Waals surface area contributed by atoms with Crippen LogP contribution in [0.2, 0.25) is 0 Å². The summed E-state index contributed by atoms with van der Waals surface area (Å²) in [5.41, 5.74) is -0.541. The summed E-state index contributed by atoms with van der Waals surface area (Å²) in [4.78, 5) is 24.4. The second kappa shape index (κ2) is 8.96. The van der Waals surface area contributed by atoms with Crippen molar-refractivity contribution in [2.45, 2.75) is 25.8 Å². The van der Waals surface area contributed by atoms with Gasteiger partial charge in [0.15, 0.2) is 0 Å². The van der Waals surface area contributed by atoms with Crippen LogP contribution in [-0.2, 0) is 19.1 Å². The minimum Gasteiger partial charge on any atom is -0.384 e. The third-order valence-electron chi connectivity index (χ3n) is 3.81. The summed E-state index contributed by atoms with van der Waals surface area (Å²) in [5.74, 6) is -0.317. The van der Waals surface area contributed by atoms with Gasteiger partial charge in [0, 0.05) is 20.8 Å². The van der Waals surface area contributed by atoms with E-state index < -0.39 is 11.5 Å². The van der Waals surface area contributed by atoms with E-state index in [2.05, 4.69) is 16.0 Å². The van der Waals surface area contributed by atoms with E-state index in [1.54, 1.807) is 21.1 Å². The van der Waals surface area contributed by atoms with Crippen molar-refractivity contribution in [3.63, 3.8) is 0 Å². The van der Waals surface area contributed by atoms with Crippen LogP contribution in [0.5, 0.6) is 0 Å². The van der Waals surface area contributed by atoms with Gasteiger partial charge < -0.3 is 25.4 Å². The molecule has 122 valence electrons. The Labute approximate surface area is 126 Å². The number of rotatable bonds is 8. The SMILES string of the molecule is COCCNC(=O)C(C)NC(=O)C1(COC)CCNCC1. The molecule has 1 saturated heterocycles. The number of amides is 2. The molecule has 0 aromatic carbocycles. The molecule has 1 atom stereocenters. The molecule has 0 spiro atoms. The standard InChI is InChI=1S/C14H27N3O4/c1-11(12(18)16-8-9-20-2)17-13(19)14(10-21-3)4-6-15-7-5-14/h11,15H,4-10H2,1-3H3,(H,16,18)(H,17,19). The van der Waals surface area contributed by atoms with Gasteiger partial charge in [0.2, 0.25) is 11.8 Å². The first kappa shape index (κ1) is 17.9. The van der Waals surface area contributed by atoms with Crippen molar-refractivity contribution in [1.82, 2.24) is 16.0 Å². The minimum absolute atomic E-state index is 0.111. The summed E-state index contributed by atoms with van der Waals surface area (Å²) < 4.78 is 10.1. The Morgan fingerprint density at radius 3 is 2.48 bits per heavy atom. The van der Waals surface area contributed by atoms with E-state index in [-0.39, 0.29) is 11.8 Å². The number of ether oxygens (including phenoxy) is 2. The zero-order valence-electron chi connectivity index (χ0n) is 13.2. The average Bonchev–Trinajstić information content (AvgIpc) is 2.48. The fraction of sp³-hybridized carbons (Fsp3) is 0.857. The Morgan fingerprint density at radius 2 is 1.90 bits per heavy atom. The van der Waals surface area contributed by atoms with Gasteiger partial charge >= 0.3 is 0 Å². The summed E-state index contributed by atoms with van der Waals surface area (Å²) in [6, 6.07) is -0.571. The Morgan fingerprint density at radius 1 is 1.24 bits per heavy atom. The number of piperidine rings is 1. The first-order valence-corrected chi connectivity index (χ1v) is 7.33. The van der Waals surface area contributed by atoms with Crippen LogP contribution in [0.3, 0.4) is 0 Å². The Kier molecular flexibility index (Phi) is 7.63. The van der Waals surface area contributed by atoms with Crippen molar-refractivity contribution in [3.05, 3.63) is 0 Å². The van der Waals surface area contributed by atoms with Gasteiger partial charge in [-0.05, 0) is 32.9 Å². The Hall–Kier alpha value is -1.18. The van der Waals surface area contributed by atoms with Crippen LogP contribution in [0.15, 0.2) is 0 Å². The number of hydrogen-bond donors (Lipinski definition) is 3. The molecular formula is C14H27N3O4. The third kappa shape index (κ3) is 5.26. The summed E-state index contributed by atoms with van der Waals surface area (Å²) in [5, 5.41) is 8.75. The largest absolute Gasteiger partial charge is 0.384 e. The van der Waals surface area contributed by atoms with Crippen molar-refractivity contribution < 1.29 is 19.1 Å². The maximum absolute atomic E-state index is 12.5. The molecule has 7 nitrogen and oxygen atoms in total. The lowest BCUT2D eigenvalue weighted by molar-refractivity contribution is -0.139. The van der Waals surface area contributed by atoms with Crippen LogP contribution >= 0.6 is 0 Å². The first-order chi connectivity index (χ1) is 10.1. The quantitative estimate of drug-likeness (QED) is 0.514. The first-order valence-electron chi connectivity index (χ1n) is 7.33. The van der Waals surface area contributed by atoms with Gasteiger partial charge in [-0.25, -0.2) is 0 Å². The van der Waals surface area contributed by atoms with Crippen LogP contribution in [0.4, 0.5) is 0 Å². The molecule has 21 heavy (non-hydrogen) atoms. The van der Waals surface area contributed by atoms with E-state index in [0.29, 0.717) is 32.6 Å². The van der Waals surface area contributed by atoms with E-state index in [1.165, 1.54) is 0 Å². The average molecular weight is 301 g/mol. The highest BCUT2D eigenvalue weighted by Crippen LogP contribution is 2.29. The molecule has 1 aliphatic rings. The molecule has 7 heteroatoms. The van der Waals surface area contributed by atoms with Crippen LogP contribution in [0.25, 0.3) is 0 Å². The van der Waals surface area contributed by atoms with Gasteiger partial charge in [-0.15, -0.1) is 0 Å². The highest BCUT2D eigenvalue weighted by molar-refractivity contribution is 5.90. The fourth-order valence-corrected chi connectivity index (χ4v) is 2.46. The lowest BCUT2D eigenvalue weighted by Gasteiger charge is -2.36. The molecule has 0 aromatic rings. The molecule has 0 bridgehead atoms. The lowest BCUT2D eigenvalue weighted by Crippen LogP contribution is -2.54.